The molecule has 0 aliphatic heterocycles. The minimum Gasteiger partial charge on any atom is -0.465 e. The van der Waals surface area contributed by atoms with Crippen LogP contribution in [0, 0.1) is 20.8 Å². The number of thiol groups is 1. The van der Waals surface area contributed by atoms with Crippen molar-refractivity contribution >= 4 is 29.1 Å². The van der Waals surface area contributed by atoms with Gasteiger partial charge in [0.1, 0.15) is 0 Å². The van der Waals surface area contributed by atoms with Crippen LogP contribution in [0.3, 0.4) is 0 Å². The number of carbonyl (C=O) groups excluding carboxylic acids is 1. The third-order valence-corrected chi connectivity index (χ3v) is 3.75. The second-order valence-electron chi connectivity index (χ2n) is 3.90. The standard InChI is InChI=1S/C11H13FO5S2/c1-5-8(11(13)16-4)6(2)10(18)7(3)9(5)17-19(12,14)15/h18H,1-4H3. The Kier molecular flexibility index (Phi) is 4.46. The number of hydrogen-bond acceptors (Lipinski definition) is 6. The maximum atomic E-state index is 12.7. The summed E-state index contributed by atoms with van der Waals surface area (Å²) < 4.78 is 42.8. The molecule has 0 bridgehead atoms. The van der Waals surface area contributed by atoms with E-state index in [1.165, 1.54) is 21.0 Å². The minimum absolute atomic E-state index is 0.108. The predicted molar refractivity (Wildman–Crippen MR) is 69.9 cm³/mol. The van der Waals surface area contributed by atoms with Gasteiger partial charge in [0.15, 0.2) is 5.75 Å². The summed E-state index contributed by atoms with van der Waals surface area (Å²) in [6.07, 6.45) is 0. The Labute approximate surface area is 116 Å². The Morgan fingerprint density at radius 1 is 1.16 bits per heavy atom. The van der Waals surface area contributed by atoms with E-state index < -0.39 is 16.5 Å². The van der Waals surface area contributed by atoms with Gasteiger partial charge >= 0.3 is 16.5 Å². The zero-order valence-electron chi connectivity index (χ0n) is 10.8. The van der Waals surface area contributed by atoms with Gasteiger partial charge in [-0.3, -0.25) is 0 Å². The van der Waals surface area contributed by atoms with Gasteiger partial charge in [-0.1, -0.05) is 3.89 Å². The summed E-state index contributed by atoms with van der Waals surface area (Å²) in [5, 5.41) is 0. The first-order valence-corrected chi connectivity index (χ1v) is 6.90. The van der Waals surface area contributed by atoms with Crippen LogP contribution in [0.5, 0.6) is 5.75 Å². The van der Waals surface area contributed by atoms with Crippen LogP contribution in [0.25, 0.3) is 0 Å². The fourth-order valence-electron chi connectivity index (χ4n) is 1.82. The molecule has 0 N–H and O–H groups in total. The number of rotatable bonds is 3. The summed E-state index contributed by atoms with van der Waals surface area (Å²) in [7, 11) is -4.00. The maximum absolute atomic E-state index is 12.7. The molecular formula is C11H13FO5S2. The lowest BCUT2D eigenvalue weighted by atomic mass is 9.98. The predicted octanol–water partition coefficient (Wildman–Crippen LogP) is 2.28. The van der Waals surface area contributed by atoms with Crippen molar-refractivity contribution in [1.29, 1.82) is 0 Å². The van der Waals surface area contributed by atoms with E-state index in [0.29, 0.717) is 16.0 Å². The highest BCUT2D eigenvalue weighted by molar-refractivity contribution is 7.81. The zero-order valence-corrected chi connectivity index (χ0v) is 12.5. The van der Waals surface area contributed by atoms with E-state index in [1.807, 2.05) is 0 Å². The van der Waals surface area contributed by atoms with Crippen molar-refractivity contribution in [2.45, 2.75) is 25.7 Å². The molecule has 106 valence electrons. The molecule has 0 heterocycles. The highest BCUT2D eigenvalue weighted by atomic mass is 32.3. The van der Waals surface area contributed by atoms with E-state index in [-0.39, 0.29) is 16.9 Å². The van der Waals surface area contributed by atoms with Crippen molar-refractivity contribution in [1.82, 2.24) is 0 Å². The van der Waals surface area contributed by atoms with Crippen LogP contribution in [-0.4, -0.2) is 21.5 Å². The molecule has 8 heteroatoms. The largest absolute Gasteiger partial charge is 0.488 e. The Morgan fingerprint density at radius 3 is 2.11 bits per heavy atom. The third-order valence-electron chi connectivity index (χ3n) is 2.71. The number of ether oxygens (including phenoxy) is 1. The van der Waals surface area contributed by atoms with Crippen molar-refractivity contribution < 1.29 is 26.0 Å². The van der Waals surface area contributed by atoms with Gasteiger partial charge in [-0.25, -0.2) is 4.79 Å². The van der Waals surface area contributed by atoms with E-state index in [1.54, 1.807) is 6.92 Å². The molecule has 0 fully saturated rings. The number of benzene rings is 1. The van der Waals surface area contributed by atoms with Gasteiger partial charge in [-0.15, -0.1) is 12.6 Å². The lowest BCUT2D eigenvalue weighted by Crippen LogP contribution is -2.12. The van der Waals surface area contributed by atoms with Gasteiger partial charge in [0.25, 0.3) is 0 Å². The third kappa shape index (κ3) is 3.19. The second kappa shape index (κ2) is 5.38. The van der Waals surface area contributed by atoms with Crippen molar-refractivity contribution in [2.75, 3.05) is 7.11 Å². The van der Waals surface area contributed by atoms with Crippen LogP contribution in [0.15, 0.2) is 4.90 Å². The zero-order chi connectivity index (χ0) is 15.0. The van der Waals surface area contributed by atoms with Gasteiger partial charge in [0.2, 0.25) is 0 Å². The molecule has 0 saturated heterocycles. The normalized spacial score (nSPS) is 11.3. The molecule has 0 aliphatic rings. The van der Waals surface area contributed by atoms with Gasteiger partial charge in [-0.05, 0) is 26.3 Å². The number of carbonyl (C=O) groups is 1. The molecule has 0 spiro atoms. The Bertz CT molecular complexity index is 637. The van der Waals surface area contributed by atoms with Crippen LogP contribution in [0.4, 0.5) is 3.89 Å². The fourth-order valence-corrected chi connectivity index (χ4v) is 2.48. The quantitative estimate of drug-likeness (QED) is 0.527. The van der Waals surface area contributed by atoms with E-state index in [9.17, 15) is 17.1 Å². The van der Waals surface area contributed by atoms with Crippen LogP contribution in [0.2, 0.25) is 0 Å². The van der Waals surface area contributed by atoms with Gasteiger partial charge in [-0.2, -0.15) is 8.42 Å². The second-order valence-corrected chi connectivity index (χ2v) is 5.30. The first-order chi connectivity index (χ1) is 8.60. The molecule has 1 aromatic rings. The first-order valence-electron chi connectivity index (χ1n) is 5.15. The Balaban J connectivity index is 3.66. The summed E-state index contributed by atoms with van der Waals surface area (Å²) in [6, 6.07) is 0. The molecule has 1 rings (SSSR count). The van der Waals surface area contributed by atoms with Crippen LogP contribution < -0.4 is 4.18 Å². The molecule has 0 aromatic heterocycles. The highest BCUT2D eigenvalue weighted by Gasteiger charge is 2.24. The number of halogens is 1. The summed E-state index contributed by atoms with van der Waals surface area (Å²) in [6.45, 7) is 4.59. The average molecular weight is 308 g/mol. The van der Waals surface area contributed by atoms with Crippen molar-refractivity contribution in [2.24, 2.45) is 0 Å². The van der Waals surface area contributed by atoms with Crippen molar-refractivity contribution in [3.63, 3.8) is 0 Å². The monoisotopic (exact) mass is 308 g/mol. The van der Waals surface area contributed by atoms with Gasteiger partial charge < -0.3 is 8.92 Å². The molecule has 0 unspecified atom stereocenters. The smallest absolute Gasteiger partial charge is 0.465 e. The molecule has 0 aliphatic carbocycles. The highest BCUT2D eigenvalue weighted by Crippen LogP contribution is 2.36. The molecule has 19 heavy (non-hydrogen) atoms. The fraction of sp³-hybridized carbons (Fsp3) is 0.364. The lowest BCUT2D eigenvalue weighted by molar-refractivity contribution is 0.0598. The molecule has 5 nitrogen and oxygen atoms in total. The number of methoxy groups -OCH3 is 1. The van der Waals surface area contributed by atoms with Crippen molar-refractivity contribution in [3.05, 3.63) is 22.3 Å². The Morgan fingerprint density at radius 2 is 1.68 bits per heavy atom. The minimum atomic E-state index is -5.19. The SMILES string of the molecule is COC(=O)c1c(C)c(S)c(C)c(OS(=O)(=O)F)c1C. The van der Waals surface area contributed by atoms with Crippen LogP contribution in [0.1, 0.15) is 27.0 Å². The molecule has 0 atom stereocenters. The summed E-state index contributed by atoms with van der Waals surface area (Å²) in [4.78, 5) is 12.0. The average Bonchev–Trinajstić information content (AvgIpc) is 2.31. The number of esters is 1. The Hall–Kier alpha value is -1.28. The van der Waals surface area contributed by atoms with E-state index in [2.05, 4.69) is 21.5 Å². The maximum Gasteiger partial charge on any atom is 0.488 e. The molecule has 1 aromatic carbocycles. The molecular weight excluding hydrogens is 295 g/mol. The molecule has 0 saturated carbocycles. The van der Waals surface area contributed by atoms with Crippen LogP contribution >= 0.6 is 12.6 Å². The summed E-state index contributed by atoms with van der Waals surface area (Å²) in [5.41, 5.74) is 1.12. The van der Waals surface area contributed by atoms with Gasteiger partial charge in [0, 0.05) is 16.0 Å². The number of hydrogen-bond donors (Lipinski definition) is 1. The summed E-state index contributed by atoms with van der Waals surface area (Å²) >= 11 is 4.18. The van der Waals surface area contributed by atoms with Gasteiger partial charge in [0.05, 0.1) is 12.7 Å². The van der Waals surface area contributed by atoms with E-state index in [4.69, 9.17) is 0 Å². The topological polar surface area (TPSA) is 69.7 Å². The van der Waals surface area contributed by atoms with E-state index >= 15 is 0 Å². The van der Waals surface area contributed by atoms with E-state index in [0.717, 1.165) is 0 Å². The van der Waals surface area contributed by atoms with Crippen molar-refractivity contribution in [3.8, 4) is 5.75 Å². The molecule has 0 radical (unpaired) electrons. The first kappa shape index (κ1) is 15.8. The van der Waals surface area contributed by atoms with Crippen LogP contribution in [-0.2, 0) is 15.2 Å². The summed E-state index contributed by atoms with van der Waals surface area (Å²) in [5.74, 6) is -0.926. The molecule has 0 amide bonds. The lowest BCUT2D eigenvalue weighted by Gasteiger charge is -2.17.